The molecular weight excluding hydrogens is 292 g/mol. The maximum absolute atomic E-state index is 12.2. The van der Waals surface area contributed by atoms with Crippen LogP contribution in [0.4, 0.5) is 0 Å². The van der Waals surface area contributed by atoms with E-state index in [1.165, 1.54) is 5.56 Å². The van der Waals surface area contributed by atoms with E-state index in [1.807, 2.05) is 39.8 Å². The zero-order valence-corrected chi connectivity index (χ0v) is 14.4. The van der Waals surface area contributed by atoms with Crippen molar-refractivity contribution >= 4 is 5.91 Å². The zero-order valence-electron chi connectivity index (χ0n) is 14.4. The number of ether oxygens (including phenoxy) is 1. The Kier molecular flexibility index (Phi) is 5.42. The van der Waals surface area contributed by atoms with Crippen molar-refractivity contribution in [2.45, 2.75) is 41.2 Å². The van der Waals surface area contributed by atoms with Gasteiger partial charge in [-0.25, -0.2) is 0 Å². The molecule has 1 heterocycles. The molecule has 5 nitrogen and oxygen atoms in total. The minimum absolute atomic E-state index is 0.227. The van der Waals surface area contributed by atoms with Crippen molar-refractivity contribution in [1.82, 2.24) is 10.5 Å². The van der Waals surface area contributed by atoms with Crippen LogP contribution in [-0.2, 0) is 6.61 Å². The molecule has 23 heavy (non-hydrogen) atoms. The van der Waals surface area contributed by atoms with Crippen LogP contribution in [0.2, 0.25) is 0 Å². The highest BCUT2D eigenvalue weighted by molar-refractivity contribution is 5.93. The molecule has 1 amide bonds. The minimum Gasteiger partial charge on any atom is -0.488 e. The monoisotopic (exact) mass is 316 g/mol. The van der Waals surface area contributed by atoms with E-state index < -0.39 is 0 Å². The lowest BCUT2D eigenvalue weighted by atomic mass is 10.1. The fourth-order valence-electron chi connectivity index (χ4n) is 2.23. The summed E-state index contributed by atoms with van der Waals surface area (Å²) in [4.78, 5) is 12.2. The van der Waals surface area contributed by atoms with E-state index >= 15 is 0 Å². The van der Waals surface area contributed by atoms with E-state index in [1.54, 1.807) is 6.92 Å². The van der Waals surface area contributed by atoms with E-state index in [4.69, 9.17) is 9.26 Å². The highest BCUT2D eigenvalue weighted by Gasteiger charge is 2.20. The van der Waals surface area contributed by atoms with Gasteiger partial charge in [0.2, 0.25) is 0 Å². The first-order valence-corrected chi connectivity index (χ1v) is 7.82. The summed E-state index contributed by atoms with van der Waals surface area (Å²) in [6, 6.07) is 6.00. The van der Waals surface area contributed by atoms with Crippen molar-refractivity contribution in [1.29, 1.82) is 0 Å². The molecule has 0 aliphatic heterocycles. The summed E-state index contributed by atoms with van der Waals surface area (Å²) < 4.78 is 11.0. The van der Waals surface area contributed by atoms with Crippen LogP contribution in [0.15, 0.2) is 22.7 Å². The van der Waals surface area contributed by atoms with E-state index in [-0.39, 0.29) is 12.5 Å². The van der Waals surface area contributed by atoms with Gasteiger partial charge in [0.15, 0.2) is 5.69 Å². The standard InChI is InChI=1S/C18H24N2O3/c1-11(2)9-19-18(21)17-15(14(5)23-20-17)10-22-16-7-6-12(3)8-13(16)4/h6-8,11H,9-10H2,1-5H3,(H,19,21). The molecule has 0 atom stereocenters. The lowest BCUT2D eigenvalue weighted by Crippen LogP contribution is -2.28. The van der Waals surface area contributed by atoms with Crippen LogP contribution in [-0.4, -0.2) is 17.6 Å². The highest BCUT2D eigenvalue weighted by Crippen LogP contribution is 2.22. The Morgan fingerprint density at radius 2 is 2.04 bits per heavy atom. The van der Waals surface area contributed by atoms with Crippen LogP contribution < -0.4 is 10.1 Å². The average molecular weight is 316 g/mol. The van der Waals surface area contributed by atoms with Crippen LogP contribution in [0.1, 0.15) is 46.8 Å². The quantitative estimate of drug-likeness (QED) is 0.885. The number of hydrogen-bond donors (Lipinski definition) is 1. The third kappa shape index (κ3) is 4.34. The number of rotatable bonds is 6. The van der Waals surface area contributed by atoms with Gasteiger partial charge in [-0.3, -0.25) is 4.79 Å². The first-order chi connectivity index (χ1) is 10.9. The molecule has 0 saturated heterocycles. The maximum atomic E-state index is 12.2. The molecule has 2 aromatic rings. The summed E-state index contributed by atoms with van der Waals surface area (Å²) in [5.74, 6) is 1.55. The van der Waals surface area contributed by atoms with Gasteiger partial charge in [-0.1, -0.05) is 36.7 Å². The van der Waals surface area contributed by atoms with Crippen molar-refractivity contribution in [2.75, 3.05) is 6.54 Å². The topological polar surface area (TPSA) is 64.4 Å². The van der Waals surface area contributed by atoms with E-state index in [0.29, 0.717) is 29.5 Å². The first kappa shape index (κ1) is 17.1. The third-order valence-corrected chi connectivity index (χ3v) is 3.57. The maximum Gasteiger partial charge on any atom is 0.273 e. The zero-order chi connectivity index (χ0) is 17.0. The Morgan fingerprint density at radius 3 is 2.70 bits per heavy atom. The van der Waals surface area contributed by atoms with Gasteiger partial charge in [-0.2, -0.15) is 0 Å². The smallest absolute Gasteiger partial charge is 0.273 e. The molecule has 0 bridgehead atoms. The molecule has 1 N–H and O–H groups in total. The van der Waals surface area contributed by atoms with Crippen LogP contribution in [0.25, 0.3) is 0 Å². The van der Waals surface area contributed by atoms with Gasteiger partial charge in [0.25, 0.3) is 5.91 Å². The largest absolute Gasteiger partial charge is 0.488 e. The first-order valence-electron chi connectivity index (χ1n) is 7.82. The van der Waals surface area contributed by atoms with Gasteiger partial charge in [0.05, 0.1) is 5.56 Å². The predicted octanol–water partition coefficient (Wildman–Crippen LogP) is 3.56. The number of aromatic nitrogens is 1. The number of nitrogens with zero attached hydrogens (tertiary/aromatic N) is 1. The summed E-state index contributed by atoms with van der Waals surface area (Å²) in [6.45, 7) is 10.8. The fraction of sp³-hybridized carbons (Fsp3) is 0.444. The lowest BCUT2D eigenvalue weighted by molar-refractivity contribution is 0.0937. The Balaban J connectivity index is 2.10. The summed E-state index contributed by atoms with van der Waals surface area (Å²) in [6.07, 6.45) is 0. The molecule has 0 unspecified atom stereocenters. The number of carbonyl (C=O) groups excluding carboxylic acids is 1. The second kappa shape index (κ2) is 7.31. The van der Waals surface area contributed by atoms with Gasteiger partial charge in [-0.05, 0) is 38.3 Å². The fourth-order valence-corrected chi connectivity index (χ4v) is 2.23. The summed E-state index contributed by atoms with van der Waals surface area (Å²) in [5.41, 5.74) is 3.23. The molecule has 0 spiro atoms. The van der Waals surface area contributed by atoms with E-state index in [2.05, 4.69) is 16.5 Å². The van der Waals surface area contributed by atoms with Gasteiger partial charge in [0.1, 0.15) is 18.1 Å². The molecule has 1 aromatic heterocycles. The summed E-state index contributed by atoms with van der Waals surface area (Å²) in [5, 5.41) is 6.73. The number of hydrogen-bond acceptors (Lipinski definition) is 4. The van der Waals surface area contributed by atoms with Gasteiger partial charge in [-0.15, -0.1) is 0 Å². The van der Waals surface area contributed by atoms with Gasteiger partial charge < -0.3 is 14.6 Å². The number of aryl methyl sites for hydroxylation is 3. The van der Waals surface area contributed by atoms with Crippen LogP contribution >= 0.6 is 0 Å². The Bertz CT molecular complexity index is 690. The number of nitrogens with one attached hydrogen (secondary N) is 1. The van der Waals surface area contributed by atoms with Crippen molar-refractivity contribution in [2.24, 2.45) is 5.92 Å². The summed E-state index contributed by atoms with van der Waals surface area (Å²) >= 11 is 0. The van der Waals surface area contributed by atoms with E-state index in [9.17, 15) is 4.79 Å². The van der Waals surface area contributed by atoms with Crippen molar-refractivity contribution < 1.29 is 14.1 Å². The Hall–Kier alpha value is -2.30. The molecule has 2 rings (SSSR count). The molecule has 0 radical (unpaired) electrons. The van der Waals surface area contributed by atoms with Crippen LogP contribution in [0.3, 0.4) is 0 Å². The van der Waals surface area contributed by atoms with Crippen LogP contribution in [0.5, 0.6) is 5.75 Å². The van der Waals surface area contributed by atoms with Gasteiger partial charge in [0, 0.05) is 6.54 Å². The highest BCUT2D eigenvalue weighted by atomic mass is 16.5. The molecule has 0 fully saturated rings. The normalized spacial score (nSPS) is 10.9. The molecule has 0 aliphatic carbocycles. The van der Waals surface area contributed by atoms with Gasteiger partial charge >= 0.3 is 0 Å². The molecule has 5 heteroatoms. The number of amides is 1. The summed E-state index contributed by atoms with van der Waals surface area (Å²) in [7, 11) is 0. The SMILES string of the molecule is Cc1ccc(OCc2c(C(=O)NCC(C)C)noc2C)c(C)c1. The van der Waals surface area contributed by atoms with Crippen molar-refractivity contribution in [3.05, 3.63) is 46.3 Å². The third-order valence-electron chi connectivity index (χ3n) is 3.57. The second-order valence-electron chi connectivity index (χ2n) is 6.23. The molecular formula is C18H24N2O3. The average Bonchev–Trinajstić information content (AvgIpc) is 2.85. The molecule has 1 aromatic carbocycles. The molecule has 124 valence electrons. The van der Waals surface area contributed by atoms with E-state index in [0.717, 1.165) is 11.3 Å². The predicted molar refractivity (Wildman–Crippen MR) is 88.7 cm³/mol. The lowest BCUT2D eigenvalue weighted by Gasteiger charge is -2.10. The molecule has 0 saturated carbocycles. The Morgan fingerprint density at radius 1 is 1.30 bits per heavy atom. The molecule has 0 aliphatic rings. The minimum atomic E-state index is -0.227. The van der Waals surface area contributed by atoms with Crippen molar-refractivity contribution in [3.8, 4) is 5.75 Å². The second-order valence-corrected chi connectivity index (χ2v) is 6.23. The Labute approximate surface area is 137 Å². The van der Waals surface area contributed by atoms with Crippen LogP contribution in [0, 0.1) is 26.7 Å². The number of benzene rings is 1. The van der Waals surface area contributed by atoms with Crippen molar-refractivity contribution in [3.63, 3.8) is 0 Å². The number of carbonyl (C=O) groups is 1.